The van der Waals surface area contributed by atoms with E-state index in [-0.39, 0.29) is 11.9 Å². The summed E-state index contributed by atoms with van der Waals surface area (Å²) in [4.78, 5) is 4.41. The van der Waals surface area contributed by atoms with Crippen LogP contribution in [0.2, 0.25) is 0 Å². The molecule has 0 saturated carbocycles. The van der Waals surface area contributed by atoms with Gasteiger partial charge < -0.3 is 5.32 Å². The Morgan fingerprint density at radius 1 is 1.35 bits per heavy atom. The van der Waals surface area contributed by atoms with Gasteiger partial charge in [-0.15, -0.1) is 0 Å². The molecule has 1 aromatic carbocycles. The number of aromatic nitrogens is 3. The minimum atomic E-state index is -0.271. The van der Waals surface area contributed by atoms with Gasteiger partial charge in [0.05, 0.1) is 6.04 Å². The van der Waals surface area contributed by atoms with Gasteiger partial charge in [-0.1, -0.05) is 12.1 Å². The molecule has 2 N–H and O–H groups in total. The Kier molecular flexibility index (Phi) is 2.60. The van der Waals surface area contributed by atoms with E-state index in [1.165, 1.54) is 12.1 Å². The van der Waals surface area contributed by atoms with Crippen LogP contribution in [0.15, 0.2) is 24.3 Å². The first kappa shape index (κ1) is 10.4. The maximum atomic E-state index is 13.1. The molecule has 17 heavy (non-hydrogen) atoms. The van der Waals surface area contributed by atoms with E-state index in [2.05, 4.69) is 20.5 Å². The average Bonchev–Trinajstić information content (AvgIpc) is 3.00. The molecule has 0 bridgehead atoms. The van der Waals surface area contributed by atoms with Crippen LogP contribution < -0.4 is 5.32 Å². The van der Waals surface area contributed by atoms with Gasteiger partial charge in [0.15, 0.2) is 5.82 Å². The minimum absolute atomic E-state index is 0.254. The molecule has 2 heterocycles. The smallest absolute Gasteiger partial charge is 0.181 e. The van der Waals surface area contributed by atoms with Crippen LogP contribution in [0.25, 0.3) is 11.4 Å². The third kappa shape index (κ3) is 2.06. The lowest BCUT2D eigenvalue weighted by Crippen LogP contribution is -2.14. The number of aromatic amines is 1. The lowest BCUT2D eigenvalue weighted by atomic mass is 10.2. The molecule has 1 aliphatic rings. The molecule has 1 saturated heterocycles. The Bertz CT molecular complexity index is 517. The van der Waals surface area contributed by atoms with E-state index in [0.29, 0.717) is 11.4 Å². The van der Waals surface area contributed by atoms with E-state index in [0.717, 1.165) is 25.2 Å². The van der Waals surface area contributed by atoms with Gasteiger partial charge in [-0.25, -0.2) is 9.37 Å². The van der Waals surface area contributed by atoms with E-state index in [1.807, 2.05) is 0 Å². The number of nitrogens with one attached hydrogen (secondary N) is 2. The molecule has 1 atom stereocenters. The topological polar surface area (TPSA) is 53.6 Å². The third-order valence-electron chi connectivity index (χ3n) is 2.98. The summed E-state index contributed by atoms with van der Waals surface area (Å²) in [5.41, 5.74) is 0.700. The quantitative estimate of drug-likeness (QED) is 0.833. The van der Waals surface area contributed by atoms with E-state index >= 15 is 0 Å². The summed E-state index contributed by atoms with van der Waals surface area (Å²) in [6.45, 7) is 1.01. The van der Waals surface area contributed by atoms with Gasteiger partial charge in [0.2, 0.25) is 0 Å². The number of rotatable bonds is 2. The molecular formula is C12H13FN4. The first-order valence-electron chi connectivity index (χ1n) is 5.74. The first-order valence-corrected chi connectivity index (χ1v) is 5.74. The molecule has 1 aliphatic heterocycles. The van der Waals surface area contributed by atoms with Crippen molar-refractivity contribution in [3.05, 3.63) is 35.9 Å². The second kappa shape index (κ2) is 4.25. The van der Waals surface area contributed by atoms with Crippen molar-refractivity contribution in [1.82, 2.24) is 20.5 Å². The molecule has 4 nitrogen and oxygen atoms in total. The van der Waals surface area contributed by atoms with Crippen molar-refractivity contribution >= 4 is 0 Å². The molecule has 5 heteroatoms. The largest absolute Gasteiger partial charge is 0.307 e. The van der Waals surface area contributed by atoms with Crippen LogP contribution in [0.1, 0.15) is 24.7 Å². The Morgan fingerprint density at radius 2 is 2.29 bits per heavy atom. The number of benzene rings is 1. The van der Waals surface area contributed by atoms with Gasteiger partial charge in [-0.2, -0.15) is 5.10 Å². The van der Waals surface area contributed by atoms with Gasteiger partial charge >= 0.3 is 0 Å². The summed E-state index contributed by atoms with van der Waals surface area (Å²) in [7, 11) is 0. The van der Waals surface area contributed by atoms with E-state index in [9.17, 15) is 4.39 Å². The lowest BCUT2D eigenvalue weighted by Gasteiger charge is -2.03. The van der Waals surface area contributed by atoms with Crippen LogP contribution in [0.3, 0.4) is 0 Å². The van der Waals surface area contributed by atoms with Crippen molar-refractivity contribution < 1.29 is 4.39 Å². The molecule has 1 fully saturated rings. The zero-order chi connectivity index (χ0) is 11.7. The predicted molar refractivity (Wildman–Crippen MR) is 61.8 cm³/mol. The fourth-order valence-electron chi connectivity index (χ4n) is 2.10. The van der Waals surface area contributed by atoms with Gasteiger partial charge in [0.25, 0.3) is 0 Å². The molecule has 1 aromatic heterocycles. The molecule has 1 unspecified atom stereocenters. The Morgan fingerprint density at radius 3 is 3.06 bits per heavy atom. The summed E-state index contributed by atoms with van der Waals surface area (Å²) < 4.78 is 13.1. The highest BCUT2D eigenvalue weighted by Gasteiger charge is 2.20. The summed E-state index contributed by atoms with van der Waals surface area (Å²) in [6, 6.07) is 6.57. The van der Waals surface area contributed by atoms with Crippen LogP contribution >= 0.6 is 0 Å². The SMILES string of the molecule is Fc1cccc(-c2n[nH]c(C3CCCN3)n2)c1. The summed E-state index contributed by atoms with van der Waals surface area (Å²) >= 11 is 0. The second-order valence-electron chi connectivity index (χ2n) is 4.20. The number of halogens is 1. The van der Waals surface area contributed by atoms with E-state index < -0.39 is 0 Å². The van der Waals surface area contributed by atoms with Crippen molar-refractivity contribution in [3.8, 4) is 11.4 Å². The van der Waals surface area contributed by atoms with E-state index in [4.69, 9.17) is 0 Å². The third-order valence-corrected chi connectivity index (χ3v) is 2.98. The van der Waals surface area contributed by atoms with Crippen LogP contribution in [-0.2, 0) is 0 Å². The second-order valence-corrected chi connectivity index (χ2v) is 4.20. The molecule has 0 spiro atoms. The minimum Gasteiger partial charge on any atom is -0.307 e. The number of nitrogens with zero attached hydrogens (tertiary/aromatic N) is 2. The molecule has 2 aromatic rings. The van der Waals surface area contributed by atoms with Crippen molar-refractivity contribution in [1.29, 1.82) is 0 Å². The van der Waals surface area contributed by atoms with Crippen LogP contribution in [0.4, 0.5) is 4.39 Å². The molecular weight excluding hydrogens is 219 g/mol. The molecule has 3 rings (SSSR count). The highest BCUT2D eigenvalue weighted by Crippen LogP contribution is 2.22. The average molecular weight is 232 g/mol. The monoisotopic (exact) mass is 232 g/mol. The Hall–Kier alpha value is -1.75. The number of hydrogen-bond acceptors (Lipinski definition) is 3. The molecule has 0 radical (unpaired) electrons. The van der Waals surface area contributed by atoms with Crippen molar-refractivity contribution in [2.75, 3.05) is 6.54 Å². The molecule has 88 valence electrons. The maximum Gasteiger partial charge on any atom is 0.181 e. The number of H-pyrrole nitrogens is 1. The Balaban J connectivity index is 1.89. The zero-order valence-electron chi connectivity index (χ0n) is 9.28. The molecule has 0 aliphatic carbocycles. The summed E-state index contributed by atoms with van der Waals surface area (Å²) in [5.74, 6) is 1.11. The first-order chi connectivity index (χ1) is 8.33. The van der Waals surface area contributed by atoms with E-state index in [1.54, 1.807) is 12.1 Å². The lowest BCUT2D eigenvalue weighted by molar-refractivity contribution is 0.608. The highest BCUT2D eigenvalue weighted by molar-refractivity contribution is 5.54. The van der Waals surface area contributed by atoms with Crippen LogP contribution in [0.5, 0.6) is 0 Å². The summed E-state index contributed by atoms with van der Waals surface area (Å²) in [6.07, 6.45) is 2.22. The fraction of sp³-hybridized carbons (Fsp3) is 0.333. The van der Waals surface area contributed by atoms with Gasteiger partial charge in [-0.05, 0) is 31.5 Å². The summed E-state index contributed by atoms with van der Waals surface area (Å²) in [5, 5.41) is 10.4. The van der Waals surface area contributed by atoms with Gasteiger partial charge in [-0.3, -0.25) is 5.10 Å². The van der Waals surface area contributed by atoms with Crippen LogP contribution in [0, 0.1) is 5.82 Å². The van der Waals surface area contributed by atoms with Crippen LogP contribution in [-0.4, -0.2) is 21.7 Å². The van der Waals surface area contributed by atoms with Crippen molar-refractivity contribution in [2.24, 2.45) is 0 Å². The van der Waals surface area contributed by atoms with Gasteiger partial charge in [0, 0.05) is 5.56 Å². The standard InChI is InChI=1S/C12H13FN4/c13-9-4-1-3-8(7-9)11-15-12(17-16-11)10-5-2-6-14-10/h1,3-4,7,10,14H,2,5-6H2,(H,15,16,17). The molecule has 0 amide bonds. The maximum absolute atomic E-state index is 13.1. The number of hydrogen-bond donors (Lipinski definition) is 2. The Labute approximate surface area is 98.3 Å². The normalized spacial score (nSPS) is 19.7. The highest BCUT2D eigenvalue weighted by atomic mass is 19.1. The van der Waals surface area contributed by atoms with Crippen molar-refractivity contribution in [2.45, 2.75) is 18.9 Å². The fourth-order valence-corrected chi connectivity index (χ4v) is 2.10. The van der Waals surface area contributed by atoms with Crippen molar-refractivity contribution in [3.63, 3.8) is 0 Å². The zero-order valence-corrected chi connectivity index (χ0v) is 9.28. The predicted octanol–water partition coefficient (Wildman–Crippen LogP) is 2.04. The van der Waals surface area contributed by atoms with Gasteiger partial charge in [0.1, 0.15) is 11.6 Å².